The summed E-state index contributed by atoms with van der Waals surface area (Å²) in [7, 11) is 0. The predicted molar refractivity (Wildman–Crippen MR) is 80.7 cm³/mol. The van der Waals surface area contributed by atoms with Crippen LogP contribution in [0.15, 0.2) is 16.8 Å². The first-order chi connectivity index (χ1) is 9.13. The monoisotopic (exact) mass is 291 g/mol. The highest BCUT2D eigenvalue weighted by Gasteiger charge is 2.13. The fraction of sp³-hybridized carbons (Fsp3) is 0.250. The van der Waals surface area contributed by atoms with Crippen molar-refractivity contribution in [2.75, 3.05) is 11.1 Å². The summed E-state index contributed by atoms with van der Waals surface area (Å²) in [6.45, 7) is 4.06. The van der Waals surface area contributed by atoms with Crippen molar-refractivity contribution < 1.29 is 0 Å². The molecule has 3 heterocycles. The van der Waals surface area contributed by atoms with Crippen LogP contribution in [-0.2, 0) is 0 Å². The largest absolute Gasteiger partial charge is 0.368 e. The summed E-state index contributed by atoms with van der Waals surface area (Å²) < 4.78 is 0. The number of hydrogen-bond donors (Lipinski definition) is 2. The van der Waals surface area contributed by atoms with Gasteiger partial charge in [0.25, 0.3) is 0 Å². The second kappa shape index (κ2) is 4.75. The van der Waals surface area contributed by atoms with E-state index in [9.17, 15) is 0 Å². The summed E-state index contributed by atoms with van der Waals surface area (Å²) in [6, 6.07) is 2.10. The first-order valence-corrected chi connectivity index (χ1v) is 7.58. The zero-order valence-corrected chi connectivity index (χ0v) is 12.2. The molecule has 0 bridgehead atoms. The molecule has 0 saturated carbocycles. The summed E-state index contributed by atoms with van der Waals surface area (Å²) in [5.74, 6) is 1.06. The minimum Gasteiger partial charge on any atom is -0.368 e. The van der Waals surface area contributed by atoms with Crippen LogP contribution >= 0.6 is 22.7 Å². The molecule has 0 spiro atoms. The van der Waals surface area contributed by atoms with Gasteiger partial charge in [-0.2, -0.15) is 4.98 Å². The Morgan fingerprint density at radius 2 is 2.11 bits per heavy atom. The van der Waals surface area contributed by atoms with Crippen molar-refractivity contribution >= 4 is 44.7 Å². The van der Waals surface area contributed by atoms with Gasteiger partial charge in [-0.1, -0.05) is 0 Å². The summed E-state index contributed by atoms with van der Waals surface area (Å²) in [4.78, 5) is 13.9. The molecule has 1 unspecified atom stereocenters. The smallest absolute Gasteiger partial charge is 0.223 e. The molecule has 19 heavy (non-hydrogen) atoms. The van der Waals surface area contributed by atoms with Crippen molar-refractivity contribution in [3.05, 3.63) is 27.5 Å². The highest BCUT2D eigenvalue weighted by molar-refractivity contribution is 7.16. The molecule has 0 aliphatic heterocycles. The number of thiazole rings is 1. The van der Waals surface area contributed by atoms with Gasteiger partial charge in [0.1, 0.15) is 15.7 Å². The van der Waals surface area contributed by atoms with Crippen LogP contribution in [0.4, 0.5) is 11.8 Å². The lowest BCUT2D eigenvalue weighted by Gasteiger charge is -2.12. The van der Waals surface area contributed by atoms with Crippen LogP contribution in [0.3, 0.4) is 0 Å². The van der Waals surface area contributed by atoms with Gasteiger partial charge in [0.05, 0.1) is 11.4 Å². The topological polar surface area (TPSA) is 76.7 Å². The average Bonchev–Trinajstić information content (AvgIpc) is 2.97. The molecule has 0 aromatic carbocycles. The number of fused-ring (bicyclic) bond motifs is 1. The van der Waals surface area contributed by atoms with E-state index in [1.54, 1.807) is 22.7 Å². The number of nitrogens with two attached hydrogens (primary N) is 1. The Hall–Kier alpha value is -1.73. The Morgan fingerprint density at radius 1 is 1.26 bits per heavy atom. The normalized spacial score (nSPS) is 12.7. The van der Waals surface area contributed by atoms with E-state index >= 15 is 0 Å². The molecular formula is C12H13N5S2. The summed E-state index contributed by atoms with van der Waals surface area (Å²) in [5.41, 5.74) is 6.77. The van der Waals surface area contributed by atoms with Gasteiger partial charge in [-0.15, -0.1) is 22.7 Å². The van der Waals surface area contributed by atoms with Gasteiger partial charge >= 0.3 is 0 Å². The highest BCUT2D eigenvalue weighted by Crippen LogP contribution is 2.29. The standard InChI is InChI=1S/C12H13N5S2/c1-6-5-19-10(14-6)7(2)15-9-8-3-4-18-11(8)17-12(13)16-9/h3-5,7H,1-2H3,(H3,13,15,16,17). The van der Waals surface area contributed by atoms with Gasteiger partial charge < -0.3 is 11.1 Å². The lowest BCUT2D eigenvalue weighted by Crippen LogP contribution is -2.09. The van der Waals surface area contributed by atoms with Crippen LogP contribution in [0, 0.1) is 6.92 Å². The average molecular weight is 291 g/mol. The quantitative estimate of drug-likeness (QED) is 0.775. The van der Waals surface area contributed by atoms with E-state index in [1.807, 2.05) is 23.8 Å². The molecule has 0 aliphatic rings. The molecular weight excluding hydrogens is 278 g/mol. The number of nitrogens with zero attached hydrogens (tertiary/aromatic N) is 3. The molecule has 3 N–H and O–H groups in total. The van der Waals surface area contributed by atoms with Crippen molar-refractivity contribution in [3.63, 3.8) is 0 Å². The molecule has 3 aromatic heterocycles. The van der Waals surface area contributed by atoms with Crippen molar-refractivity contribution in [2.45, 2.75) is 19.9 Å². The van der Waals surface area contributed by atoms with Crippen LogP contribution in [0.1, 0.15) is 23.7 Å². The number of hydrogen-bond acceptors (Lipinski definition) is 7. The number of aryl methyl sites for hydroxylation is 1. The Morgan fingerprint density at radius 3 is 2.84 bits per heavy atom. The second-order valence-electron chi connectivity index (χ2n) is 4.26. The number of rotatable bonds is 3. The lowest BCUT2D eigenvalue weighted by atomic mass is 10.3. The maximum Gasteiger partial charge on any atom is 0.223 e. The first kappa shape index (κ1) is 12.3. The number of nitrogen functional groups attached to an aromatic ring is 1. The molecule has 0 fully saturated rings. The van der Waals surface area contributed by atoms with E-state index in [1.165, 1.54) is 0 Å². The Balaban J connectivity index is 1.94. The first-order valence-electron chi connectivity index (χ1n) is 5.83. The van der Waals surface area contributed by atoms with Gasteiger partial charge in [0.2, 0.25) is 5.95 Å². The van der Waals surface area contributed by atoms with Crippen molar-refractivity contribution in [2.24, 2.45) is 0 Å². The van der Waals surface area contributed by atoms with Gasteiger partial charge in [0, 0.05) is 11.1 Å². The van der Waals surface area contributed by atoms with E-state index in [-0.39, 0.29) is 6.04 Å². The Kier molecular flexibility index (Phi) is 3.08. The zero-order valence-electron chi connectivity index (χ0n) is 10.5. The number of aromatic nitrogens is 3. The van der Waals surface area contributed by atoms with E-state index in [4.69, 9.17) is 5.73 Å². The third-order valence-electron chi connectivity index (χ3n) is 2.70. The summed E-state index contributed by atoms with van der Waals surface area (Å²) in [5, 5.41) is 9.44. The van der Waals surface area contributed by atoms with Crippen LogP contribution < -0.4 is 11.1 Å². The van der Waals surface area contributed by atoms with E-state index in [2.05, 4.69) is 27.2 Å². The third-order valence-corrected chi connectivity index (χ3v) is 4.65. The molecule has 0 saturated heterocycles. The Bertz CT molecular complexity index is 718. The van der Waals surface area contributed by atoms with Crippen molar-refractivity contribution in [1.29, 1.82) is 0 Å². The highest BCUT2D eigenvalue weighted by atomic mass is 32.1. The third kappa shape index (κ3) is 2.39. The summed E-state index contributed by atoms with van der Waals surface area (Å²) >= 11 is 3.20. The lowest BCUT2D eigenvalue weighted by molar-refractivity contribution is 0.857. The van der Waals surface area contributed by atoms with Crippen molar-refractivity contribution in [3.8, 4) is 0 Å². The summed E-state index contributed by atoms with van der Waals surface area (Å²) in [6.07, 6.45) is 0. The minimum atomic E-state index is 0.0936. The minimum absolute atomic E-state index is 0.0936. The number of thiophene rings is 1. The molecule has 5 nitrogen and oxygen atoms in total. The van der Waals surface area contributed by atoms with Gasteiger partial charge in [-0.05, 0) is 25.3 Å². The van der Waals surface area contributed by atoms with Gasteiger partial charge in [-0.25, -0.2) is 9.97 Å². The van der Waals surface area contributed by atoms with Gasteiger partial charge in [-0.3, -0.25) is 0 Å². The van der Waals surface area contributed by atoms with Crippen molar-refractivity contribution in [1.82, 2.24) is 15.0 Å². The fourth-order valence-electron chi connectivity index (χ4n) is 1.82. The van der Waals surface area contributed by atoms with Crippen LogP contribution in [0.2, 0.25) is 0 Å². The van der Waals surface area contributed by atoms with E-state index in [0.29, 0.717) is 5.95 Å². The predicted octanol–water partition coefficient (Wildman–Crippen LogP) is 3.21. The molecule has 7 heteroatoms. The molecule has 98 valence electrons. The maximum absolute atomic E-state index is 5.73. The van der Waals surface area contributed by atoms with Gasteiger partial charge in [0.15, 0.2) is 0 Å². The number of anilines is 2. The second-order valence-corrected chi connectivity index (χ2v) is 6.05. The molecule has 0 radical (unpaired) electrons. The SMILES string of the molecule is Cc1csc(C(C)Nc2nc(N)nc3sccc23)n1. The van der Waals surface area contributed by atoms with Crippen LogP contribution in [0.5, 0.6) is 0 Å². The van der Waals surface area contributed by atoms with E-state index < -0.39 is 0 Å². The Labute approximate surface area is 118 Å². The molecule has 0 aliphatic carbocycles. The maximum atomic E-state index is 5.73. The van der Waals surface area contributed by atoms with Crippen LogP contribution in [0.25, 0.3) is 10.2 Å². The number of nitrogens with one attached hydrogen (secondary N) is 1. The fourth-order valence-corrected chi connectivity index (χ4v) is 3.39. The molecule has 3 rings (SSSR count). The molecule has 0 amide bonds. The molecule has 3 aromatic rings. The van der Waals surface area contributed by atoms with Crippen LogP contribution in [-0.4, -0.2) is 15.0 Å². The molecule has 1 atom stereocenters. The zero-order chi connectivity index (χ0) is 13.4. The van der Waals surface area contributed by atoms with E-state index in [0.717, 1.165) is 26.7 Å².